The van der Waals surface area contributed by atoms with Crippen LogP contribution in [0.5, 0.6) is 0 Å². The molecule has 0 aliphatic heterocycles. The van der Waals surface area contributed by atoms with Crippen molar-refractivity contribution in [3.63, 3.8) is 0 Å². The molecule has 0 rings (SSSR count). The zero-order valence-corrected chi connectivity index (χ0v) is 6.36. The minimum atomic E-state index is -0.363. The van der Waals surface area contributed by atoms with Gasteiger partial charge in [0.1, 0.15) is 0 Å². The van der Waals surface area contributed by atoms with E-state index in [1.807, 2.05) is 0 Å². The van der Waals surface area contributed by atoms with E-state index in [2.05, 4.69) is 19.6 Å². The summed E-state index contributed by atoms with van der Waals surface area (Å²) in [4.78, 5) is 0. The van der Waals surface area contributed by atoms with Crippen molar-refractivity contribution in [1.82, 2.24) is 0 Å². The van der Waals surface area contributed by atoms with Gasteiger partial charge in [-0.2, -0.15) is 13.5 Å². The summed E-state index contributed by atoms with van der Waals surface area (Å²) in [5.41, 5.74) is 0. The van der Waals surface area contributed by atoms with Crippen LogP contribution < -0.4 is 0 Å². The van der Waals surface area contributed by atoms with E-state index >= 15 is 0 Å². The fraction of sp³-hybridized carbons (Fsp3) is 0. The molecular weight excluding hydrogens is 192 g/mol. The molecule has 4 heteroatoms. The third kappa shape index (κ3) is 9.78. The van der Waals surface area contributed by atoms with Gasteiger partial charge < -0.3 is 0 Å². The fourth-order valence-electron chi connectivity index (χ4n) is 0. The molecule has 0 aliphatic carbocycles. The predicted molar refractivity (Wildman–Crippen MR) is 25.6 cm³/mol. The third-order valence-corrected chi connectivity index (χ3v) is 0. The van der Waals surface area contributed by atoms with Crippen LogP contribution in [-0.4, -0.2) is 0 Å². The van der Waals surface area contributed by atoms with Gasteiger partial charge >= 0.3 is 34.6 Å². The maximum absolute atomic E-state index is 4.34. The monoisotopic (exact) mass is 196 g/mol. The van der Waals surface area contributed by atoms with Crippen molar-refractivity contribution in [3.05, 3.63) is 0 Å². The minimum absolute atomic E-state index is 0. The first-order valence-electron chi connectivity index (χ1n) is 0.333. The molecule has 0 aromatic carbocycles. The van der Waals surface area contributed by atoms with E-state index in [0.29, 0.717) is 0 Å². The first-order chi connectivity index (χ1) is 1.41. The molecule has 0 amide bonds. The number of hydrogen-bond donors (Lipinski definition) is 0. The molecule has 0 fully saturated rings. The van der Waals surface area contributed by atoms with Crippen molar-refractivity contribution in [2.45, 2.75) is 0 Å². The van der Waals surface area contributed by atoms with Crippen LogP contribution in [0.2, 0.25) is 0 Å². The van der Waals surface area contributed by atoms with E-state index < -0.39 is 0 Å². The van der Waals surface area contributed by atoms with Gasteiger partial charge in [-0.3, -0.25) is 0 Å². The summed E-state index contributed by atoms with van der Waals surface area (Å²) in [6, 6.07) is 0. The van der Waals surface area contributed by atoms with E-state index in [4.69, 9.17) is 0 Å². The Hall–Kier alpha value is 1.48. The first kappa shape index (κ1) is 9.08. The van der Waals surface area contributed by atoms with Crippen LogP contribution in [0.3, 0.4) is 0 Å². The molecule has 0 heterocycles. The van der Waals surface area contributed by atoms with E-state index in [9.17, 15) is 0 Å². The maximum atomic E-state index is 4.34. The second-order valence-electron chi connectivity index (χ2n) is 0.0680. The van der Waals surface area contributed by atoms with Crippen molar-refractivity contribution in [1.29, 1.82) is 0 Å². The molecule has 0 unspecified atom stereocenters. The second kappa shape index (κ2) is 8.82. The third-order valence-electron chi connectivity index (χ3n) is 0. The van der Waals surface area contributed by atoms with Crippen molar-refractivity contribution < 1.29 is 14.9 Å². The van der Waals surface area contributed by atoms with Gasteiger partial charge in [0.05, 0.1) is 0 Å². The fourth-order valence-corrected chi connectivity index (χ4v) is 0. The summed E-state index contributed by atoms with van der Waals surface area (Å²) in [5.74, 6) is 0. The van der Waals surface area contributed by atoms with Crippen LogP contribution in [-0.2, 0) is 14.9 Å². The Bertz CT molecular complexity index is 24.3. The molecule has 0 spiro atoms. The van der Waals surface area contributed by atoms with Gasteiger partial charge in [-0.15, -0.1) is 0 Å². The Morgan fingerprint density at radius 2 is 1.25 bits per heavy atom. The number of rotatable bonds is 0. The molecule has 0 aromatic heterocycles. The van der Waals surface area contributed by atoms with Gasteiger partial charge in [0.2, 0.25) is 0 Å². The Morgan fingerprint density at radius 3 is 1.25 bits per heavy atom. The normalized spacial score (nSPS) is 3.00. The molecule has 0 saturated carbocycles. The molecule has 0 atom stereocenters. The molecule has 26 valence electrons. The topological polar surface area (TPSA) is 0 Å². The second-order valence-corrected chi connectivity index (χ2v) is 3.62. The van der Waals surface area contributed by atoms with Crippen molar-refractivity contribution >= 4 is 33.1 Å². The van der Waals surface area contributed by atoms with Gasteiger partial charge in [-0.25, -0.2) is 0 Å². The van der Waals surface area contributed by atoms with Gasteiger partial charge in [0.25, 0.3) is 0 Å². The van der Waals surface area contributed by atoms with Gasteiger partial charge in [0.15, 0.2) is 0 Å². The predicted octanol–water partition coefficient (Wildman–Crippen LogP) is 1.41. The molecule has 0 nitrogen and oxygen atoms in total. The molecular formula is H2MoS3. The van der Waals surface area contributed by atoms with Crippen LogP contribution >= 0.6 is 33.1 Å². The summed E-state index contributed by atoms with van der Waals surface area (Å²) in [6.07, 6.45) is 0. The zero-order chi connectivity index (χ0) is 2.71. The van der Waals surface area contributed by atoms with Crippen LogP contribution in [0, 0.1) is 0 Å². The average Bonchev–Trinajstić information content (AvgIpc) is 0.918. The van der Waals surface area contributed by atoms with Gasteiger partial charge in [0, 0.05) is 0 Å². The summed E-state index contributed by atoms with van der Waals surface area (Å²) in [5, 5.41) is 0. The Labute approximate surface area is 47.8 Å². The molecule has 0 bridgehead atoms. The standard InChI is InChI=1S/Mo.H2S.2S/h;1H2;;. The van der Waals surface area contributed by atoms with E-state index in [1.54, 1.807) is 0 Å². The molecule has 0 N–H and O–H groups in total. The summed E-state index contributed by atoms with van der Waals surface area (Å²) < 4.78 is 0. The van der Waals surface area contributed by atoms with Crippen molar-refractivity contribution in [3.8, 4) is 0 Å². The van der Waals surface area contributed by atoms with E-state index in [1.165, 1.54) is 0 Å². The Kier molecular flexibility index (Phi) is 20.0. The molecule has 4 heavy (non-hydrogen) atoms. The molecule has 0 aliphatic rings. The van der Waals surface area contributed by atoms with Crippen LogP contribution in [0.25, 0.3) is 0 Å². The molecule has 0 aromatic rings. The van der Waals surface area contributed by atoms with Crippen LogP contribution in [0.1, 0.15) is 0 Å². The number of hydrogen-bond acceptors (Lipinski definition) is 2. The van der Waals surface area contributed by atoms with E-state index in [0.717, 1.165) is 0 Å². The first-order valence-corrected chi connectivity index (χ1v) is 5.92. The average molecular weight is 194 g/mol. The summed E-state index contributed by atoms with van der Waals surface area (Å²) >= 11 is -0.363. The van der Waals surface area contributed by atoms with Gasteiger partial charge in [-0.1, -0.05) is 0 Å². The zero-order valence-electron chi connectivity index (χ0n) is 1.72. The van der Waals surface area contributed by atoms with Crippen molar-refractivity contribution in [2.75, 3.05) is 0 Å². The quantitative estimate of drug-likeness (QED) is 0.535. The molecule has 0 saturated heterocycles. The Balaban J connectivity index is 0. The Morgan fingerprint density at radius 1 is 1.25 bits per heavy atom. The molecule has 0 radical (unpaired) electrons. The van der Waals surface area contributed by atoms with Crippen LogP contribution in [0.15, 0.2) is 0 Å². The van der Waals surface area contributed by atoms with Crippen LogP contribution in [0.4, 0.5) is 0 Å². The SMILES string of the molecule is S.[S]=[Mo]=[S]. The summed E-state index contributed by atoms with van der Waals surface area (Å²) in [6.45, 7) is 0. The summed E-state index contributed by atoms with van der Waals surface area (Å²) in [7, 11) is 8.68. The van der Waals surface area contributed by atoms with E-state index in [-0.39, 0.29) is 28.4 Å². The van der Waals surface area contributed by atoms with Gasteiger partial charge in [-0.05, 0) is 0 Å². The van der Waals surface area contributed by atoms with Crippen molar-refractivity contribution in [2.24, 2.45) is 0 Å².